The molecule has 0 fully saturated rings. The number of carboxylic acid groups (broad SMARTS) is 1. The van der Waals surface area contributed by atoms with Gasteiger partial charge in [-0.15, -0.1) is 0 Å². The van der Waals surface area contributed by atoms with Gasteiger partial charge >= 0.3 is 5.97 Å². The molecule has 0 bridgehead atoms. The van der Waals surface area contributed by atoms with Crippen molar-refractivity contribution in [2.75, 3.05) is 19.8 Å². The molecule has 0 saturated heterocycles. The van der Waals surface area contributed by atoms with E-state index in [4.69, 9.17) is 9.84 Å². The van der Waals surface area contributed by atoms with E-state index in [2.05, 4.69) is 13.8 Å². The van der Waals surface area contributed by atoms with Gasteiger partial charge in [-0.25, -0.2) is 0 Å². The minimum absolute atomic E-state index is 0.296. The zero-order valence-electron chi connectivity index (χ0n) is 17.8. The molecule has 0 aromatic carbocycles. The van der Waals surface area contributed by atoms with Crippen LogP contribution in [0.4, 0.5) is 0 Å². The lowest BCUT2D eigenvalue weighted by Gasteiger charge is -2.32. The Morgan fingerprint density at radius 3 is 1.69 bits per heavy atom. The average molecular weight is 373 g/mol. The second-order valence-electron chi connectivity index (χ2n) is 7.85. The fraction of sp³-hybridized carbons (Fsp3) is 0.955. The van der Waals surface area contributed by atoms with E-state index in [1.165, 1.54) is 25.7 Å². The van der Waals surface area contributed by atoms with Gasteiger partial charge in [0.25, 0.3) is 0 Å². The Morgan fingerprint density at radius 2 is 1.27 bits per heavy atom. The molecule has 0 unspecified atom stereocenters. The smallest absolute Gasteiger partial charge is 0.309 e. The van der Waals surface area contributed by atoms with Crippen LogP contribution in [-0.2, 0) is 9.53 Å². The highest BCUT2D eigenvalue weighted by molar-refractivity contribution is 5.74. The average Bonchev–Trinajstić information content (AvgIpc) is 2.66. The van der Waals surface area contributed by atoms with E-state index >= 15 is 0 Å². The Morgan fingerprint density at radius 1 is 0.769 bits per heavy atom. The molecule has 0 radical (unpaired) electrons. The minimum Gasteiger partial charge on any atom is -0.481 e. The molecule has 0 heterocycles. The molecular weight excluding hydrogens is 328 g/mol. The molecule has 0 aliphatic heterocycles. The van der Waals surface area contributed by atoms with Crippen LogP contribution in [0, 0.1) is 10.8 Å². The second kappa shape index (κ2) is 14.4. The van der Waals surface area contributed by atoms with Crippen molar-refractivity contribution in [2.45, 2.75) is 105 Å². The van der Waals surface area contributed by atoms with Crippen molar-refractivity contribution in [1.82, 2.24) is 0 Å². The molecular formula is C22H44O4. The largest absolute Gasteiger partial charge is 0.481 e. The van der Waals surface area contributed by atoms with E-state index in [-0.39, 0.29) is 0 Å². The first-order valence-electron chi connectivity index (χ1n) is 10.9. The number of ether oxygens (including phenoxy) is 1. The topological polar surface area (TPSA) is 66.8 Å². The molecule has 4 heteroatoms. The third-order valence-electron chi connectivity index (χ3n) is 6.61. The summed E-state index contributed by atoms with van der Waals surface area (Å²) < 4.78 is 5.75. The second-order valence-corrected chi connectivity index (χ2v) is 7.85. The van der Waals surface area contributed by atoms with Crippen molar-refractivity contribution in [2.24, 2.45) is 10.8 Å². The van der Waals surface area contributed by atoms with Crippen LogP contribution in [0.5, 0.6) is 0 Å². The van der Waals surface area contributed by atoms with E-state index in [9.17, 15) is 9.90 Å². The number of unbranched alkanes of at least 4 members (excludes halogenated alkanes) is 2. The fourth-order valence-electron chi connectivity index (χ4n) is 4.02. The summed E-state index contributed by atoms with van der Waals surface area (Å²) in [6.07, 6.45) is 11.9. The van der Waals surface area contributed by atoms with Crippen molar-refractivity contribution >= 4 is 5.97 Å². The van der Waals surface area contributed by atoms with Gasteiger partial charge in [0.1, 0.15) is 0 Å². The first-order chi connectivity index (χ1) is 12.5. The highest BCUT2D eigenvalue weighted by atomic mass is 16.5. The normalized spacial score (nSPS) is 12.5. The Kier molecular flexibility index (Phi) is 14.1. The molecule has 4 nitrogen and oxygen atoms in total. The zero-order valence-corrected chi connectivity index (χ0v) is 17.8. The van der Waals surface area contributed by atoms with Gasteiger partial charge in [-0.3, -0.25) is 4.79 Å². The molecule has 0 spiro atoms. The molecule has 0 saturated carbocycles. The van der Waals surface area contributed by atoms with Gasteiger partial charge in [-0.1, -0.05) is 53.4 Å². The zero-order chi connectivity index (χ0) is 19.9. The molecule has 2 N–H and O–H groups in total. The highest BCUT2D eigenvalue weighted by Gasteiger charge is 2.33. The van der Waals surface area contributed by atoms with Crippen molar-refractivity contribution in [3.05, 3.63) is 0 Å². The van der Waals surface area contributed by atoms with Crippen molar-refractivity contribution in [3.63, 3.8) is 0 Å². The standard InChI is InChI=1S/C22H44O4/c1-5-21(6-2,15-13-17-23)14-9-11-18-26-19-12-10-16-22(7-3,8-4)20(24)25/h23H,5-19H2,1-4H3,(H,24,25). The number of hydrogen-bond acceptors (Lipinski definition) is 3. The quantitative estimate of drug-likeness (QED) is 0.298. The van der Waals surface area contributed by atoms with E-state index in [1.807, 2.05) is 13.8 Å². The number of carbonyl (C=O) groups is 1. The summed E-state index contributed by atoms with van der Waals surface area (Å²) in [5, 5.41) is 18.5. The Labute approximate surface area is 161 Å². The summed E-state index contributed by atoms with van der Waals surface area (Å²) in [4.78, 5) is 11.5. The van der Waals surface area contributed by atoms with Gasteiger partial charge in [0, 0.05) is 19.8 Å². The van der Waals surface area contributed by atoms with Crippen LogP contribution in [0.25, 0.3) is 0 Å². The minimum atomic E-state index is -0.653. The van der Waals surface area contributed by atoms with Crippen LogP contribution >= 0.6 is 0 Å². The van der Waals surface area contributed by atoms with Gasteiger partial charge < -0.3 is 14.9 Å². The first-order valence-corrected chi connectivity index (χ1v) is 10.9. The lowest BCUT2D eigenvalue weighted by atomic mass is 9.74. The molecule has 26 heavy (non-hydrogen) atoms. The summed E-state index contributed by atoms with van der Waals surface area (Å²) in [6, 6.07) is 0. The van der Waals surface area contributed by atoms with Crippen LogP contribution < -0.4 is 0 Å². The predicted molar refractivity (Wildman–Crippen MR) is 109 cm³/mol. The molecule has 0 atom stereocenters. The number of hydrogen-bond donors (Lipinski definition) is 2. The first kappa shape index (κ1) is 25.4. The van der Waals surface area contributed by atoms with E-state index < -0.39 is 11.4 Å². The van der Waals surface area contributed by atoms with Crippen molar-refractivity contribution < 1.29 is 19.7 Å². The van der Waals surface area contributed by atoms with Gasteiger partial charge in [-0.2, -0.15) is 0 Å². The summed E-state index contributed by atoms with van der Waals surface area (Å²) >= 11 is 0. The van der Waals surface area contributed by atoms with Crippen LogP contribution in [0.1, 0.15) is 105 Å². The molecule has 0 rings (SSSR count). The third kappa shape index (κ3) is 8.85. The Hall–Kier alpha value is -0.610. The van der Waals surface area contributed by atoms with Crippen LogP contribution in [0.2, 0.25) is 0 Å². The van der Waals surface area contributed by atoms with Crippen molar-refractivity contribution in [1.29, 1.82) is 0 Å². The van der Waals surface area contributed by atoms with Crippen LogP contribution in [0.3, 0.4) is 0 Å². The summed E-state index contributed by atoms with van der Waals surface area (Å²) in [5.74, 6) is -0.653. The predicted octanol–water partition coefficient (Wildman–Crippen LogP) is 5.81. The van der Waals surface area contributed by atoms with Gasteiger partial charge in [-0.05, 0) is 56.8 Å². The molecule has 0 aliphatic rings. The van der Waals surface area contributed by atoms with Crippen LogP contribution in [-0.4, -0.2) is 36.0 Å². The summed E-state index contributed by atoms with van der Waals surface area (Å²) in [5.41, 5.74) is -0.151. The van der Waals surface area contributed by atoms with Gasteiger partial charge in [0.15, 0.2) is 0 Å². The number of aliphatic hydroxyl groups excluding tert-OH is 1. The summed E-state index contributed by atoms with van der Waals surface area (Å²) in [7, 11) is 0. The monoisotopic (exact) mass is 372 g/mol. The number of carboxylic acids is 1. The lowest BCUT2D eigenvalue weighted by molar-refractivity contribution is -0.150. The molecule has 0 amide bonds. The maximum Gasteiger partial charge on any atom is 0.309 e. The Bertz CT molecular complexity index is 346. The van der Waals surface area contributed by atoms with Gasteiger partial charge in [0.2, 0.25) is 0 Å². The number of aliphatic hydroxyl groups is 1. The maximum atomic E-state index is 11.5. The summed E-state index contributed by atoms with van der Waals surface area (Å²) in [6.45, 7) is 10.3. The molecule has 0 aromatic rings. The Balaban J connectivity index is 3.86. The van der Waals surface area contributed by atoms with Crippen LogP contribution in [0.15, 0.2) is 0 Å². The number of rotatable bonds is 18. The maximum absolute atomic E-state index is 11.5. The van der Waals surface area contributed by atoms with E-state index in [0.29, 0.717) is 24.9 Å². The SMILES string of the molecule is CCC(CC)(CCCO)CCCCOCCCCC(CC)(CC)C(=O)O. The highest BCUT2D eigenvalue weighted by Crippen LogP contribution is 2.37. The number of aliphatic carboxylic acids is 1. The molecule has 0 aromatic heterocycles. The molecule has 0 aliphatic carbocycles. The fourth-order valence-corrected chi connectivity index (χ4v) is 4.02. The van der Waals surface area contributed by atoms with E-state index in [1.54, 1.807) is 0 Å². The van der Waals surface area contributed by atoms with Gasteiger partial charge in [0.05, 0.1) is 5.41 Å². The van der Waals surface area contributed by atoms with E-state index in [0.717, 1.165) is 51.7 Å². The molecule has 156 valence electrons. The lowest BCUT2D eigenvalue weighted by Crippen LogP contribution is -2.29. The van der Waals surface area contributed by atoms with Crippen molar-refractivity contribution in [3.8, 4) is 0 Å². The third-order valence-corrected chi connectivity index (χ3v) is 6.61.